The summed E-state index contributed by atoms with van der Waals surface area (Å²) in [5, 5.41) is 0.847. The molecule has 0 unspecified atom stereocenters. The number of alkyl halides is 1. The molecule has 0 saturated heterocycles. The van der Waals surface area contributed by atoms with Gasteiger partial charge < -0.3 is 4.74 Å². The van der Waals surface area contributed by atoms with Crippen LogP contribution in [0.25, 0.3) is 0 Å². The van der Waals surface area contributed by atoms with Crippen LogP contribution in [0.5, 0.6) is 5.75 Å². The molecule has 1 nitrogen and oxygen atoms in total. The van der Waals surface area contributed by atoms with Gasteiger partial charge in [0.05, 0.1) is 5.02 Å². The Balaban J connectivity index is 2.12. The van der Waals surface area contributed by atoms with Crippen LogP contribution >= 0.6 is 27.5 Å². The second-order valence-electron chi connectivity index (χ2n) is 4.28. The van der Waals surface area contributed by atoms with Gasteiger partial charge in [-0.1, -0.05) is 51.3 Å². The van der Waals surface area contributed by atoms with Gasteiger partial charge in [0, 0.05) is 10.9 Å². The number of ether oxygens (including phenoxy) is 1. The highest BCUT2D eigenvalue weighted by Gasteiger charge is 2.05. The molecule has 2 rings (SSSR count). The summed E-state index contributed by atoms with van der Waals surface area (Å²) in [4.78, 5) is 0. The van der Waals surface area contributed by atoms with Crippen LogP contribution in [-0.4, -0.2) is 0 Å². The SMILES string of the molecule is Cc1ccc(OCc2ccc(F)c(Cl)c2)c(CBr)c1. The first-order valence-corrected chi connectivity index (χ1v) is 7.32. The number of aryl methyl sites for hydroxylation is 1. The van der Waals surface area contributed by atoms with Gasteiger partial charge in [0.1, 0.15) is 18.2 Å². The maximum atomic E-state index is 13.0. The minimum Gasteiger partial charge on any atom is -0.489 e. The van der Waals surface area contributed by atoms with Gasteiger partial charge in [-0.3, -0.25) is 0 Å². The fourth-order valence-electron chi connectivity index (χ4n) is 1.74. The highest BCUT2D eigenvalue weighted by Crippen LogP contribution is 2.24. The van der Waals surface area contributed by atoms with Crippen molar-refractivity contribution < 1.29 is 9.13 Å². The van der Waals surface area contributed by atoms with E-state index in [1.807, 2.05) is 19.1 Å². The van der Waals surface area contributed by atoms with Crippen LogP contribution in [0.15, 0.2) is 36.4 Å². The van der Waals surface area contributed by atoms with E-state index < -0.39 is 5.82 Å². The Hall–Kier alpha value is -1.06. The van der Waals surface area contributed by atoms with Crippen molar-refractivity contribution in [3.8, 4) is 5.75 Å². The van der Waals surface area contributed by atoms with E-state index in [1.165, 1.54) is 11.6 Å². The van der Waals surface area contributed by atoms with E-state index in [-0.39, 0.29) is 5.02 Å². The predicted molar refractivity (Wildman–Crippen MR) is 79.6 cm³/mol. The lowest BCUT2D eigenvalue weighted by atomic mass is 10.1. The van der Waals surface area contributed by atoms with Crippen LogP contribution in [0.3, 0.4) is 0 Å². The zero-order valence-corrected chi connectivity index (χ0v) is 12.8. The highest BCUT2D eigenvalue weighted by atomic mass is 79.9. The Morgan fingerprint density at radius 1 is 1.21 bits per heavy atom. The summed E-state index contributed by atoms with van der Waals surface area (Å²) in [6, 6.07) is 10.6. The monoisotopic (exact) mass is 342 g/mol. The lowest BCUT2D eigenvalue weighted by Crippen LogP contribution is -1.98. The molecular weight excluding hydrogens is 331 g/mol. The normalized spacial score (nSPS) is 10.5. The first kappa shape index (κ1) is 14.4. The summed E-state index contributed by atoms with van der Waals surface area (Å²) in [6.07, 6.45) is 0. The highest BCUT2D eigenvalue weighted by molar-refractivity contribution is 9.08. The molecular formula is C15H13BrClFO. The van der Waals surface area contributed by atoms with E-state index in [0.717, 1.165) is 22.2 Å². The molecule has 0 saturated carbocycles. The van der Waals surface area contributed by atoms with Gasteiger partial charge in [-0.15, -0.1) is 0 Å². The van der Waals surface area contributed by atoms with Crippen molar-refractivity contribution in [2.24, 2.45) is 0 Å². The average molecular weight is 344 g/mol. The van der Waals surface area contributed by atoms with Crippen molar-refractivity contribution in [1.82, 2.24) is 0 Å². The summed E-state index contributed by atoms with van der Waals surface area (Å²) >= 11 is 9.18. The number of halogens is 3. The number of benzene rings is 2. The molecule has 2 aromatic carbocycles. The molecule has 0 aliphatic heterocycles. The summed E-state index contributed by atoms with van der Waals surface area (Å²) in [6.45, 7) is 2.40. The zero-order valence-electron chi connectivity index (χ0n) is 10.4. The van der Waals surface area contributed by atoms with Crippen LogP contribution in [0, 0.1) is 12.7 Å². The molecule has 0 aliphatic rings. The third-order valence-electron chi connectivity index (χ3n) is 2.74. The molecule has 2 aromatic rings. The van der Waals surface area contributed by atoms with E-state index in [0.29, 0.717) is 6.61 Å². The first-order valence-electron chi connectivity index (χ1n) is 5.82. The standard InChI is InChI=1S/C15H13BrClFO/c1-10-2-5-15(12(6-10)8-16)19-9-11-3-4-14(18)13(17)7-11/h2-7H,8-9H2,1H3. The second kappa shape index (κ2) is 6.40. The Kier molecular flexibility index (Phi) is 4.83. The Morgan fingerprint density at radius 2 is 2.00 bits per heavy atom. The molecule has 0 amide bonds. The van der Waals surface area contributed by atoms with E-state index >= 15 is 0 Å². The largest absolute Gasteiger partial charge is 0.489 e. The van der Waals surface area contributed by atoms with Crippen molar-refractivity contribution in [3.05, 3.63) is 63.9 Å². The van der Waals surface area contributed by atoms with Crippen LogP contribution in [-0.2, 0) is 11.9 Å². The van der Waals surface area contributed by atoms with Gasteiger partial charge >= 0.3 is 0 Å². The fraction of sp³-hybridized carbons (Fsp3) is 0.200. The predicted octanol–water partition coefficient (Wildman–Crippen LogP) is 5.26. The molecule has 0 bridgehead atoms. The molecule has 0 aliphatic carbocycles. The molecule has 0 atom stereocenters. The minimum absolute atomic E-state index is 0.116. The molecule has 0 N–H and O–H groups in total. The maximum absolute atomic E-state index is 13.0. The quantitative estimate of drug-likeness (QED) is 0.688. The summed E-state index contributed by atoms with van der Waals surface area (Å²) in [7, 11) is 0. The van der Waals surface area contributed by atoms with Crippen molar-refractivity contribution in [3.63, 3.8) is 0 Å². The van der Waals surface area contributed by atoms with Crippen molar-refractivity contribution >= 4 is 27.5 Å². The molecule has 0 radical (unpaired) electrons. The number of hydrogen-bond acceptors (Lipinski definition) is 1. The van der Waals surface area contributed by atoms with E-state index in [4.69, 9.17) is 16.3 Å². The van der Waals surface area contributed by atoms with Crippen LogP contribution in [0.1, 0.15) is 16.7 Å². The smallest absolute Gasteiger partial charge is 0.141 e. The van der Waals surface area contributed by atoms with Gasteiger partial charge in [-0.2, -0.15) is 0 Å². The molecule has 0 heterocycles. The maximum Gasteiger partial charge on any atom is 0.141 e. The first-order chi connectivity index (χ1) is 9.10. The van der Waals surface area contributed by atoms with Gasteiger partial charge in [0.25, 0.3) is 0 Å². The molecule has 0 spiro atoms. The van der Waals surface area contributed by atoms with Crippen molar-refractivity contribution in [2.45, 2.75) is 18.9 Å². The second-order valence-corrected chi connectivity index (χ2v) is 5.25. The lowest BCUT2D eigenvalue weighted by Gasteiger charge is -2.11. The Morgan fingerprint density at radius 3 is 2.68 bits per heavy atom. The van der Waals surface area contributed by atoms with Crippen LogP contribution < -0.4 is 4.74 Å². The van der Waals surface area contributed by atoms with Crippen LogP contribution in [0.4, 0.5) is 4.39 Å². The third-order valence-corrected chi connectivity index (χ3v) is 3.63. The third kappa shape index (κ3) is 3.71. The van der Waals surface area contributed by atoms with Gasteiger partial charge in [0.2, 0.25) is 0 Å². The Labute approximate surface area is 125 Å². The summed E-state index contributed by atoms with van der Waals surface area (Å²) in [5.41, 5.74) is 3.12. The van der Waals surface area contributed by atoms with Crippen molar-refractivity contribution in [2.75, 3.05) is 0 Å². The van der Waals surface area contributed by atoms with E-state index in [9.17, 15) is 4.39 Å². The molecule has 100 valence electrons. The van der Waals surface area contributed by atoms with Crippen molar-refractivity contribution in [1.29, 1.82) is 0 Å². The number of rotatable bonds is 4. The zero-order chi connectivity index (χ0) is 13.8. The van der Waals surface area contributed by atoms with Gasteiger partial charge in [-0.25, -0.2) is 4.39 Å². The fourth-order valence-corrected chi connectivity index (χ4v) is 2.39. The minimum atomic E-state index is -0.415. The van der Waals surface area contributed by atoms with Crippen LogP contribution in [0.2, 0.25) is 5.02 Å². The van der Waals surface area contributed by atoms with Gasteiger partial charge in [-0.05, 0) is 30.7 Å². The Bertz CT molecular complexity index is 586. The molecule has 4 heteroatoms. The van der Waals surface area contributed by atoms with Gasteiger partial charge in [0.15, 0.2) is 0 Å². The molecule has 0 aromatic heterocycles. The molecule has 19 heavy (non-hydrogen) atoms. The van der Waals surface area contributed by atoms with E-state index in [1.54, 1.807) is 12.1 Å². The number of hydrogen-bond donors (Lipinski definition) is 0. The van der Waals surface area contributed by atoms with E-state index in [2.05, 4.69) is 22.0 Å². The summed E-state index contributed by atoms with van der Waals surface area (Å²) < 4.78 is 18.8. The molecule has 0 fully saturated rings. The summed E-state index contributed by atoms with van der Waals surface area (Å²) in [5.74, 6) is 0.407. The lowest BCUT2D eigenvalue weighted by molar-refractivity contribution is 0.303. The topological polar surface area (TPSA) is 9.23 Å². The average Bonchev–Trinajstić information content (AvgIpc) is 2.41.